The zero-order valence-corrected chi connectivity index (χ0v) is 23.4. The van der Waals surface area contributed by atoms with Crippen molar-refractivity contribution in [3.8, 4) is 11.5 Å². The van der Waals surface area contributed by atoms with Crippen molar-refractivity contribution in [2.45, 2.75) is 30.5 Å². The number of fused-ring (bicyclic) bond motifs is 1. The summed E-state index contributed by atoms with van der Waals surface area (Å²) in [5.74, 6) is 0.392. The minimum atomic E-state index is -3.72. The lowest BCUT2D eigenvalue weighted by Gasteiger charge is -2.29. The Morgan fingerprint density at radius 3 is 2.58 bits per heavy atom. The summed E-state index contributed by atoms with van der Waals surface area (Å²) < 4.78 is 47.5. The lowest BCUT2D eigenvalue weighted by Crippen LogP contribution is -2.42. The summed E-state index contributed by atoms with van der Waals surface area (Å²) in [6.45, 7) is 3.82. The third kappa shape index (κ3) is 5.48. The van der Waals surface area contributed by atoms with Gasteiger partial charge in [0.2, 0.25) is 0 Å². The van der Waals surface area contributed by atoms with Gasteiger partial charge in [-0.05, 0) is 44.0 Å². The molecule has 1 aliphatic rings. The molecule has 0 spiro atoms. The number of halogens is 1. The highest BCUT2D eigenvalue weighted by molar-refractivity contribution is 7.91. The fourth-order valence-corrected chi connectivity index (χ4v) is 8.49. The molecule has 1 atom stereocenters. The zero-order chi connectivity index (χ0) is 25.9. The van der Waals surface area contributed by atoms with Crippen molar-refractivity contribution < 1.29 is 27.4 Å². The van der Waals surface area contributed by atoms with Crippen molar-refractivity contribution in [2.75, 3.05) is 40.5 Å². The van der Waals surface area contributed by atoms with Crippen molar-refractivity contribution in [2.24, 2.45) is 10.9 Å². The summed E-state index contributed by atoms with van der Waals surface area (Å²) in [6.07, 6.45) is 1.14. The fourth-order valence-electron chi connectivity index (χ4n) is 4.16. The Labute approximate surface area is 222 Å². The third-order valence-electron chi connectivity index (χ3n) is 5.94. The number of piperidine rings is 1. The van der Waals surface area contributed by atoms with Crippen LogP contribution >= 0.6 is 34.3 Å². The number of thiophene rings is 1. The standard InChI is InChI=1S/C23H28ClN3O6S3/c1-4-33-13-12-27-20-16(31-2)7-8-17(32-3)21(20)35-23(27)25-22(28)15-6-5-11-26(14-15)36(29,30)19-10-9-18(24)34-19/h7-10,15H,4-6,11-14H2,1-3H3. The first-order chi connectivity index (χ1) is 17.3. The molecule has 2 aromatic heterocycles. The van der Waals surface area contributed by atoms with Crippen LogP contribution in [0.5, 0.6) is 11.5 Å². The Hall–Kier alpha value is -1.96. The maximum Gasteiger partial charge on any atom is 0.252 e. The van der Waals surface area contributed by atoms with E-state index >= 15 is 0 Å². The first-order valence-electron chi connectivity index (χ1n) is 11.5. The summed E-state index contributed by atoms with van der Waals surface area (Å²) in [5, 5.41) is 0. The number of sulfonamides is 1. The van der Waals surface area contributed by atoms with Crippen LogP contribution in [0.3, 0.4) is 0 Å². The first-order valence-corrected chi connectivity index (χ1v) is 14.9. The van der Waals surface area contributed by atoms with Gasteiger partial charge in [0.1, 0.15) is 25.9 Å². The van der Waals surface area contributed by atoms with Gasteiger partial charge in [-0.1, -0.05) is 22.9 Å². The van der Waals surface area contributed by atoms with Gasteiger partial charge in [0.05, 0.1) is 31.1 Å². The zero-order valence-electron chi connectivity index (χ0n) is 20.2. The van der Waals surface area contributed by atoms with Gasteiger partial charge < -0.3 is 18.8 Å². The molecule has 0 radical (unpaired) electrons. The van der Waals surface area contributed by atoms with Crippen LogP contribution in [0, 0.1) is 5.92 Å². The van der Waals surface area contributed by atoms with Gasteiger partial charge >= 0.3 is 0 Å². The smallest absolute Gasteiger partial charge is 0.252 e. The first kappa shape index (κ1) is 27.1. The van der Waals surface area contributed by atoms with Crippen LogP contribution in [0.15, 0.2) is 33.5 Å². The number of nitrogens with zero attached hydrogens (tertiary/aromatic N) is 3. The van der Waals surface area contributed by atoms with Gasteiger partial charge in [-0.3, -0.25) is 4.79 Å². The lowest BCUT2D eigenvalue weighted by molar-refractivity contribution is -0.122. The second-order valence-corrected chi connectivity index (χ2v) is 12.9. The maximum absolute atomic E-state index is 13.3. The van der Waals surface area contributed by atoms with Gasteiger partial charge in [0, 0.05) is 26.2 Å². The van der Waals surface area contributed by atoms with Crippen molar-refractivity contribution >= 4 is 60.4 Å². The van der Waals surface area contributed by atoms with Gasteiger partial charge in [-0.25, -0.2) is 8.42 Å². The molecule has 36 heavy (non-hydrogen) atoms. The predicted octanol–water partition coefficient (Wildman–Crippen LogP) is 4.00. The van der Waals surface area contributed by atoms with E-state index in [1.54, 1.807) is 20.3 Å². The number of hydrogen-bond acceptors (Lipinski definition) is 8. The number of thiazole rings is 1. The molecule has 0 aliphatic carbocycles. The molecule has 9 nitrogen and oxygen atoms in total. The number of ether oxygens (including phenoxy) is 3. The number of benzene rings is 1. The number of hydrogen-bond donors (Lipinski definition) is 0. The summed E-state index contributed by atoms with van der Waals surface area (Å²) in [7, 11) is -0.543. The Balaban J connectivity index is 1.69. The van der Waals surface area contributed by atoms with E-state index in [9.17, 15) is 13.2 Å². The van der Waals surface area contributed by atoms with E-state index in [4.69, 9.17) is 25.8 Å². The van der Waals surface area contributed by atoms with Crippen LogP contribution in [0.2, 0.25) is 4.34 Å². The van der Waals surface area contributed by atoms with Gasteiger partial charge in [0.15, 0.2) is 4.80 Å². The van der Waals surface area contributed by atoms with Crippen molar-refractivity contribution in [1.82, 2.24) is 8.87 Å². The number of carbonyl (C=O) groups is 1. The molecule has 1 aliphatic heterocycles. The van der Waals surface area contributed by atoms with Crippen molar-refractivity contribution in [1.29, 1.82) is 0 Å². The Morgan fingerprint density at radius 2 is 1.92 bits per heavy atom. The minimum Gasteiger partial charge on any atom is -0.495 e. The SMILES string of the molecule is CCOCCn1c(=NC(=O)C2CCCN(S(=O)(=O)c3ccc(Cl)s3)C2)sc2c(OC)ccc(OC)c21. The Bertz CT molecular complexity index is 1410. The Morgan fingerprint density at radius 1 is 1.17 bits per heavy atom. The number of amides is 1. The molecule has 1 fully saturated rings. The lowest BCUT2D eigenvalue weighted by atomic mass is 9.99. The molecule has 1 unspecified atom stereocenters. The molecule has 3 aromatic rings. The quantitative estimate of drug-likeness (QED) is 0.359. The molecule has 13 heteroatoms. The van der Waals surface area contributed by atoms with E-state index < -0.39 is 15.9 Å². The highest BCUT2D eigenvalue weighted by Crippen LogP contribution is 2.35. The molecular formula is C23H28ClN3O6S3. The van der Waals surface area contributed by atoms with Crippen LogP contribution in [0.4, 0.5) is 0 Å². The second-order valence-electron chi connectivity index (χ2n) is 8.09. The summed E-state index contributed by atoms with van der Waals surface area (Å²) in [5.41, 5.74) is 0.774. The molecule has 0 saturated carbocycles. The van der Waals surface area contributed by atoms with Crippen LogP contribution in [0.1, 0.15) is 19.8 Å². The average Bonchev–Trinajstić information content (AvgIpc) is 3.48. The van der Waals surface area contributed by atoms with E-state index in [1.807, 2.05) is 23.6 Å². The van der Waals surface area contributed by atoms with Crippen molar-refractivity contribution in [3.63, 3.8) is 0 Å². The van der Waals surface area contributed by atoms with Crippen LogP contribution in [-0.2, 0) is 26.1 Å². The molecule has 196 valence electrons. The highest BCUT2D eigenvalue weighted by atomic mass is 35.5. The molecule has 1 saturated heterocycles. The largest absolute Gasteiger partial charge is 0.495 e. The molecule has 3 heterocycles. The van der Waals surface area contributed by atoms with Gasteiger partial charge in [0.25, 0.3) is 15.9 Å². The molecule has 1 amide bonds. The number of carbonyl (C=O) groups excluding carboxylic acids is 1. The highest BCUT2D eigenvalue weighted by Gasteiger charge is 2.34. The maximum atomic E-state index is 13.3. The number of methoxy groups -OCH3 is 2. The van der Waals surface area contributed by atoms with Crippen LogP contribution in [-0.4, -0.2) is 63.7 Å². The van der Waals surface area contributed by atoms with Gasteiger partial charge in [-0.2, -0.15) is 9.30 Å². The molecule has 0 bridgehead atoms. The van der Waals surface area contributed by atoms with E-state index in [1.165, 1.54) is 21.7 Å². The Kier molecular flexibility index (Phi) is 8.74. The third-order valence-corrected chi connectivity index (χ3v) is 10.6. The van der Waals surface area contributed by atoms with Crippen LogP contribution in [0.25, 0.3) is 10.2 Å². The minimum absolute atomic E-state index is 0.0800. The number of aromatic nitrogens is 1. The summed E-state index contributed by atoms with van der Waals surface area (Å²) in [4.78, 5) is 18.3. The summed E-state index contributed by atoms with van der Waals surface area (Å²) >= 11 is 8.29. The normalized spacial score (nSPS) is 17.6. The number of rotatable bonds is 9. The van der Waals surface area contributed by atoms with Gasteiger partial charge in [-0.15, -0.1) is 11.3 Å². The molecule has 0 N–H and O–H groups in total. The predicted molar refractivity (Wildman–Crippen MR) is 141 cm³/mol. The summed E-state index contributed by atoms with van der Waals surface area (Å²) in [6, 6.07) is 6.69. The fraction of sp³-hybridized carbons (Fsp3) is 0.478. The van der Waals surface area contributed by atoms with E-state index in [2.05, 4.69) is 4.99 Å². The van der Waals surface area contributed by atoms with E-state index in [-0.39, 0.29) is 16.7 Å². The van der Waals surface area contributed by atoms with E-state index in [0.717, 1.165) is 21.6 Å². The monoisotopic (exact) mass is 573 g/mol. The van der Waals surface area contributed by atoms with Crippen molar-refractivity contribution in [3.05, 3.63) is 33.4 Å². The average molecular weight is 574 g/mol. The van der Waals surface area contributed by atoms with E-state index in [0.29, 0.717) is 59.8 Å². The second kappa shape index (κ2) is 11.6. The molecule has 4 rings (SSSR count). The van der Waals surface area contributed by atoms with Crippen LogP contribution < -0.4 is 14.3 Å². The molecular weight excluding hydrogens is 546 g/mol. The topological polar surface area (TPSA) is 99.4 Å². The molecule has 1 aromatic carbocycles.